The van der Waals surface area contributed by atoms with Crippen LogP contribution >= 0.6 is 0 Å². The Labute approximate surface area is 172 Å². The van der Waals surface area contributed by atoms with E-state index in [9.17, 15) is 0 Å². The molecule has 0 saturated carbocycles. The summed E-state index contributed by atoms with van der Waals surface area (Å²) in [5, 5.41) is 3.65. The number of aromatic amines is 1. The number of hydrogen-bond acceptors (Lipinski definition) is 2. The molecule has 2 N–H and O–H groups in total. The summed E-state index contributed by atoms with van der Waals surface area (Å²) in [5.74, 6) is 1.00. The molecule has 0 bridgehead atoms. The Morgan fingerprint density at radius 3 is 2.10 bits per heavy atom. The summed E-state index contributed by atoms with van der Waals surface area (Å²) >= 11 is 0. The first-order valence-corrected chi connectivity index (χ1v) is 10.3. The average molecular weight is 382 g/mol. The van der Waals surface area contributed by atoms with Gasteiger partial charge in [-0.05, 0) is 28.7 Å². The lowest BCUT2D eigenvalue weighted by Crippen LogP contribution is -2.22. The molecule has 0 aliphatic rings. The van der Waals surface area contributed by atoms with Crippen LogP contribution in [0.15, 0.2) is 91.1 Å². The molecule has 0 aliphatic heterocycles. The van der Waals surface area contributed by atoms with Crippen molar-refractivity contribution < 1.29 is 0 Å². The molecule has 0 spiro atoms. The van der Waals surface area contributed by atoms with Crippen LogP contribution in [0.4, 0.5) is 0 Å². The van der Waals surface area contributed by atoms with E-state index < -0.39 is 0 Å². The van der Waals surface area contributed by atoms with Gasteiger partial charge >= 0.3 is 0 Å². The van der Waals surface area contributed by atoms with E-state index in [1.807, 2.05) is 12.3 Å². The van der Waals surface area contributed by atoms with E-state index in [4.69, 9.17) is 0 Å². The molecular formula is C26H27N3. The monoisotopic (exact) mass is 381 g/mol. The molecule has 0 saturated heterocycles. The maximum Gasteiger partial charge on any atom is 0.123 e. The Bertz CT molecular complexity index is 1000. The highest BCUT2D eigenvalue weighted by atomic mass is 15.0. The van der Waals surface area contributed by atoms with Crippen LogP contribution < -0.4 is 5.32 Å². The summed E-state index contributed by atoms with van der Waals surface area (Å²) in [7, 11) is 0. The van der Waals surface area contributed by atoms with Crippen molar-refractivity contribution in [2.45, 2.75) is 32.4 Å². The smallest absolute Gasteiger partial charge is 0.123 e. The standard InChI is InChI=1S/C26H27N3/c1-2-9-24(27-18-20-10-5-3-6-11-20)26-28-19-25(29-26)23-16-14-22(15-17-23)21-12-7-4-8-13-21/h3-8,10-17,19,24,27H,2,9,18H2,1H3,(H,28,29). The van der Waals surface area contributed by atoms with Gasteiger partial charge in [0.25, 0.3) is 0 Å². The van der Waals surface area contributed by atoms with Gasteiger partial charge < -0.3 is 10.3 Å². The van der Waals surface area contributed by atoms with Crippen LogP contribution in [0.1, 0.15) is 37.2 Å². The van der Waals surface area contributed by atoms with Crippen LogP contribution in [0.5, 0.6) is 0 Å². The second-order valence-electron chi connectivity index (χ2n) is 7.33. The van der Waals surface area contributed by atoms with E-state index in [1.54, 1.807) is 0 Å². The first-order valence-electron chi connectivity index (χ1n) is 10.3. The largest absolute Gasteiger partial charge is 0.341 e. The fourth-order valence-corrected chi connectivity index (χ4v) is 3.59. The third kappa shape index (κ3) is 4.82. The summed E-state index contributed by atoms with van der Waals surface area (Å²) < 4.78 is 0. The second-order valence-corrected chi connectivity index (χ2v) is 7.33. The molecule has 3 nitrogen and oxygen atoms in total. The fourth-order valence-electron chi connectivity index (χ4n) is 3.59. The van der Waals surface area contributed by atoms with Crippen molar-refractivity contribution in [1.82, 2.24) is 15.3 Å². The van der Waals surface area contributed by atoms with Crippen LogP contribution in [-0.2, 0) is 6.54 Å². The topological polar surface area (TPSA) is 40.7 Å². The molecule has 0 aliphatic carbocycles. The molecule has 4 aromatic rings. The predicted molar refractivity (Wildman–Crippen MR) is 120 cm³/mol. The first-order chi connectivity index (χ1) is 14.3. The number of benzene rings is 3. The molecule has 0 fully saturated rings. The van der Waals surface area contributed by atoms with E-state index >= 15 is 0 Å². The molecule has 4 rings (SSSR count). The number of imidazole rings is 1. The Balaban J connectivity index is 1.48. The van der Waals surface area contributed by atoms with E-state index in [1.165, 1.54) is 16.7 Å². The molecule has 146 valence electrons. The molecule has 1 atom stereocenters. The van der Waals surface area contributed by atoms with Gasteiger partial charge in [0.2, 0.25) is 0 Å². The highest BCUT2D eigenvalue weighted by Crippen LogP contribution is 2.25. The van der Waals surface area contributed by atoms with Gasteiger partial charge in [-0.15, -0.1) is 0 Å². The normalized spacial score (nSPS) is 12.0. The molecule has 29 heavy (non-hydrogen) atoms. The van der Waals surface area contributed by atoms with E-state index in [-0.39, 0.29) is 6.04 Å². The Morgan fingerprint density at radius 2 is 1.41 bits per heavy atom. The average Bonchev–Trinajstić information content (AvgIpc) is 3.28. The lowest BCUT2D eigenvalue weighted by molar-refractivity contribution is 0.474. The molecule has 3 aromatic carbocycles. The van der Waals surface area contributed by atoms with Crippen LogP contribution in [0.2, 0.25) is 0 Å². The van der Waals surface area contributed by atoms with Gasteiger partial charge in [0.15, 0.2) is 0 Å². The molecular weight excluding hydrogens is 354 g/mol. The van der Waals surface area contributed by atoms with Gasteiger partial charge in [-0.25, -0.2) is 4.98 Å². The number of nitrogens with one attached hydrogen (secondary N) is 2. The molecule has 3 heteroatoms. The summed E-state index contributed by atoms with van der Waals surface area (Å²) in [4.78, 5) is 8.22. The molecule has 0 amide bonds. The van der Waals surface area contributed by atoms with Gasteiger partial charge in [-0.1, -0.05) is 98.3 Å². The zero-order chi connectivity index (χ0) is 19.9. The fraction of sp³-hybridized carbons (Fsp3) is 0.192. The van der Waals surface area contributed by atoms with Gasteiger partial charge in [0, 0.05) is 6.54 Å². The van der Waals surface area contributed by atoms with Crippen LogP contribution in [0.3, 0.4) is 0 Å². The molecule has 0 radical (unpaired) electrons. The highest BCUT2D eigenvalue weighted by Gasteiger charge is 2.14. The zero-order valence-corrected chi connectivity index (χ0v) is 16.8. The highest BCUT2D eigenvalue weighted by molar-refractivity contribution is 5.68. The summed E-state index contributed by atoms with van der Waals surface area (Å²) in [6.45, 7) is 3.05. The van der Waals surface area contributed by atoms with Gasteiger partial charge in [-0.2, -0.15) is 0 Å². The van der Waals surface area contributed by atoms with Gasteiger partial charge in [0.05, 0.1) is 17.9 Å². The van der Waals surface area contributed by atoms with Gasteiger partial charge in [0.1, 0.15) is 5.82 Å². The van der Waals surface area contributed by atoms with Crippen molar-refractivity contribution in [3.63, 3.8) is 0 Å². The lowest BCUT2D eigenvalue weighted by Gasteiger charge is -2.16. The van der Waals surface area contributed by atoms with E-state index in [2.05, 4.69) is 101 Å². The molecule has 1 unspecified atom stereocenters. The number of aromatic nitrogens is 2. The van der Waals surface area contributed by atoms with E-state index in [0.29, 0.717) is 0 Å². The molecule has 1 aromatic heterocycles. The maximum absolute atomic E-state index is 4.69. The Morgan fingerprint density at radius 1 is 0.793 bits per heavy atom. The summed E-state index contributed by atoms with van der Waals surface area (Å²) in [6, 6.07) is 29.8. The van der Waals surface area contributed by atoms with Crippen molar-refractivity contribution in [3.05, 3.63) is 103 Å². The maximum atomic E-state index is 4.69. The minimum atomic E-state index is 0.220. The quantitative estimate of drug-likeness (QED) is 0.372. The minimum Gasteiger partial charge on any atom is -0.341 e. The second kappa shape index (κ2) is 9.35. The Hall–Kier alpha value is -3.17. The lowest BCUT2D eigenvalue weighted by atomic mass is 10.0. The van der Waals surface area contributed by atoms with Crippen molar-refractivity contribution in [2.24, 2.45) is 0 Å². The van der Waals surface area contributed by atoms with Crippen molar-refractivity contribution in [3.8, 4) is 22.4 Å². The number of hydrogen-bond donors (Lipinski definition) is 2. The minimum absolute atomic E-state index is 0.220. The number of rotatable bonds is 8. The van der Waals surface area contributed by atoms with E-state index in [0.717, 1.165) is 36.5 Å². The first kappa shape index (κ1) is 19.2. The zero-order valence-electron chi connectivity index (χ0n) is 16.8. The molecule has 1 heterocycles. The predicted octanol–water partition coefficient (Wildman–Crippen LogP) is 6.37. The van der Waals surface area contributed by atoms with Crippen LogP contribution in [0.25, 0.3) is 22.4 Å². The third-order valence-electron chi connectivity index (χ3n) is 5.20. The van der Waals surface area contributed by atoms with Gasteiger partial charge in [-0.3, -0.25) is 0 Å². The van der Waals surface area contributed by atoms with Crippen LogP contribution in [-0.4, -0.2) is 9.97 Å². The van der Waals surface area contributed by atoms with Crippen LogP contribution in [0, 0.1) is 0 Å². The third-order valence-corrected chi connectivity index (χ3v) is 5.20. The van der Waals surface area contributed by atoms with Crippen molar-refractivity contribution in [2.75, 3.05) is 0 Å². The summed E-state index contributed by atoms with van der Waals surface area (Å²) in [6.07, 6.45) is 4.10. The number of nitrogens with zero attached hydrogens (tertiary/aromatic N) is 1. The summed E-state index contributed by atoms with van der Waals surface area (Å²) in [5.41, 5.74) is 5.96. The van der Waals surface area contributed by atoms with Crippen molar-refractivity contribution in [1.29, 1.82) is 0 Å². The van der Waals surface area contributed by atoms with Crippen molar-refractivity contribution >= 4 is 0 Å². The Kier molecular flexibility index (Phi) is 6.18. The SMILES string of the molecule is CCCC(NCc1ccccc1)c1ncc(-c2ccc(-c3ccccc3)cc2)[nH]1. The number of H-pyrrole nitrogens is 1.